The molecule has 0 amide bonds. The van der Waals surface area contributed by atoms with E-state index in [0.717, 1.165) is 38.5 Å². The lowest BCUT2D eigenvalue weighted by Crippen LogP contribution is -2.49. The maximum Gasteiger partial charge on any atom is 0.906 e. The van der Waals surface area contributed by atoms with Gasteiger partial charge in [-0.2, -0.15) is 0 Å². The summed E-state index contributed by atoms with van der Waals surface area (Å²) >= 11 is -2.39. The van der Waals surface area contributed by atoms with Crippen LogP contribution in [-0.4, -0.2) is 32.0 Å². The summed E-state index contributed by atoms with van der Waals surface area (Å²) in [5.41, 5.74) is -0.440. The lowest BCUT2D eigenvalue weighted by atomic mass is 9.93. The Morgan fingerprint density at radius 3 is 0.784 bits per heavy atom. The quantitative estimate of drug-likeness (QED) is 0.0766. The summed E-state index contributed by atoms with van der Waals surface area (Å²) in [6.07, 6.45) is 25.1. The molecule has 0 saturated heterocycles. The van der Waals surface area contributed by atoms with Crippen molar-refractivity contribution in [3.63, 3.8) is 0 Å². The van der Waals surface area contributed by atoms with Crippen molar-refractivity contribution in [2.24, 2.45) is 0 Å². The Bertz CT molecular complexity index is 444. The molecule has 4 heteroatoms. The molecule has 37 heavy (non-hydrogen) atoms. The van der Waals surface area contributed by atoms with Crippen molar-refractivity contribution in [3.8, 4) is 0 Å². The minimum atomic E-state index is -2.39. The highest BCUT2D eigenvalue weighted by molar-refractivity contribution is 6.36. The Balaban J connectivity index is 6.04. The number of unbranched alkanes of at least 4 members (excludes halogenated alkanes) is 9. The van der Waals surface area contributed by atoms with Crippen molar-refractivity contribution in [3.05, 3.63) is 0 Å². The molecule has 0 bridgehead atoms. The molecule has 0 aliphatic rings. The summed E-state index contributed by atoms with van der Waals surface area (Å²) in [6, 6.07) is 0. The van der Waals surface area contributed by atoms with Crippen LogP contribution in [0, 0.1) is 0 Å². The van der Waals surface area contributed by atoms with Gasteiger partial charge in [-0.15, -0.1) is 0 Å². The van der Waals surface area contributed by atoms with Crippen molar-refractivity contribution in [1.82, 2.24) is 0 Å². The molecule has 0 saturated carbocycles. The molecule has 0 radical (unpaired) electrons. The SMILES string of the molecule is CCCCCC(C)(CCCC)[O][Al]([O]C(C)(CCCC)CCCCC)[O]C(C)(CCCC)CCCCC. The fraction of sp³-hybridized carbons (Fsp3) is 1.00. The molecule has 0 aromatic carbocycles. The van der Waals surface area contributed by atoms with Gasteiger partial charge in [-0.3, -0.25) is 0 Å². The molecule has 3 unspecified atom stereocenters. The fourth-order valence-corrected chi connectivity index (χ4v) is 7.64. The highest BCUT2D eigenvalue weighted by Gasteiger charge is 2.48. The highest BCUT2D eigenvalue weighted by Crippen LogP contribution is 2.35. The number of hydrogen-bond donors (Lipinski definition) is 0. The Labute approximate surface area is 240 Å². The van der Waals surface area contributed by atoms with Gasteiger partial charge >= 0.3 is 15.1 Å². The van der Waals surface area contributed by atoms with E-state index in [2.05, 4.69) is 62.3 Å². The summed E-state index contributed by atoms with van der Waals surface area (Å²) in [6.45, 7) is 20.8. The van der Waals surface area contributed by atoms with E-state index in [-0.39, 0.29) is 16.8 Å². The summed E-state index contributed by atoms with van der Waals surface area (Å²) in [5, 5.41) is 0. The normalized spacial score (nSPS) is 16.8. The predicted octanol–water partition coefficient (Wildman–Crippen LogP) is 11.6. The smallest absolute Gasteiger partial charge is 0.449 e. The minimum absolute atomic E-state index is 0.147. The maximum absolute atomic E-state index is 7.15. The molecule has 3 atom stereocenters. The molecule has 0 aromatic heterocycles. The zero-order valence-electron chi connectivity index (χ0n) is 27.2. The van der Waals surface area contributed by atoms with Crippen molar-refractivity contribution in [2.75, 3.05) is 0 Å². The maximum atomic E-state index is 7.15. The van der Waals surface area contributed by atoms with Crippen LogP contribution < -0.4 is 0 Å². The van der Waals surface area contributed by atoms with Gasteiger partial charge in [0.05, 0.1) is 0 Å². The zero-order chi connectivity index (χ0) is 28.0. The lowest BCUT2D eigenvalue weighted by molar-refractivity contribution is -0.0920. The average molecular weight is 541 g/mol. The molecule has 0 aromatic rings. The van der Waals surface area contributed by atoms with Gasteiger partial charge in [0.25, 0.3) is 0 Å². The molecule has 3 nitrogen and oxygen atoms in total. The molecule has 0 fully saturated rings. The van der Waals surface area contributed by atoms with Crippen LogP contribution in [0.3, 0.4) is 0 Å². The van der Waals surface area contributed by atoms with Crippen molar-refractivity contribution in [1.29, 1.82) is 0 Å². The van der Waals surface area contributed by atoms with Crippen LogP contribution in [0.2, 0.25) is 0 Å². The largest absolute Gasteiger partial charge is 0.906 e. The summed E-state index contributed by atoms with van der Waals surface area (Å²) in [4.78, 5) is 0. The van der Waals surface area contributed by atoms with Crippen LogP contribution in [0.25, 0.3) is 0 Å². The van der Waals surface area contributed by atoms with E-state index in [0.29, 0.717) is 0 Å². The van der Waals surface area contributed by atoms with E-state index < -0.39 is 15.1 Å². The van der Waals surface area contributed by atoms with Gasteiger partial charge in [0, 0.05) is 16.8 Å². The van der Waals surface area contributed by atoms with Crippen LogP contribution in [0.5, 0.6) is 0 Å². The first-order valence-corrected chi connectivity index (χ1v) is 18.1. The van der Waals surface area contributed by atoms with Crippen LogP contribution in [0.1, 0.15) is 197 Å². The van der Waals surface area contributed by atoms with Crippen LogP contribution in [-0.2, 0) is 11.4 Å². The Hall–Kier alpha value is 0.412. The van der Waals surface area contributed by atoms with Crippen LogP contribution in [0.4, 0.5) is 0 Å². The van der Waals surface area contributed by atoms with Crippen LogP contribution in [0.15, 0.2) is 0 Å². The number of hydrogen-bond acceptors (Lipinski definition) is 3. The second-order valence-electron chi connectivity index (χ2n) is 12.7. The first kappa shape index (κ1) is 37.4. The van der Waals surface area contributed by atoms with Gasteiger partial charge in [0.2, 0.25) is 0 Å². The highest BCUT2D eigenvalue weighted by atomic mass is 27.3. The third kappa shape index (κ3) is 18.4. The van der Waals surface area contributed by atoms with Crippen LogP contribution >= 0.6 is 0 Å². The van der Waals surface area contributed by atoms with E-state index in [9.17, 15) is 0 Å². The Morgan fingerprint density at radius 1 is 0.351 bits per heavy atom. The van der Waals surface area contributed by atoms with Crippen molar-refractivity contribution >= 4 is 15.1 Å². The van der Waals surface area contributed by atoms with Gasteiger partial charge in [0.1, 0.15) is 0 Å². The first-order chi connectivity index (χ1) is 17.6. The van der Waals surface area contributed by atoms with Crippen molar-refractivity contribution < 1.29 is 11.4 Å². The van der Waals surface area contributed by atoms with Crippen molar-refractivity contribution in [2.45, 2.75) is 214 Å². The van der Waals surface area contributed by atoms with Gasteiger partial charge < -0.3 is 11.4 Å². The number of rotatable bonds is 27. The molecular weight excluding hydrogens is 471 g/mol. The summed E-state index contributed by atoms with van der Waals surface area (Å²) in [5.74, 6) is 0. The molecule has 0 spiro atoms. The first-order valence-electron chi connectivity index (χ1n) is 16.7. The van der Waals surface area contributed by atoms with Gasteiger partial charge in [0.15, 0.2) is 0 Å². The standard InChI is InChI=1S/3C11H23O.Al/c3*1-4-6-8-10-11(3,12)9-7-5-2;/h3*4-10H2,1-3H3;/q3*-1;+3. The molecule has 0 heterocycles. The second-order valence-corrected chi connectivity index (χ2v) is 14.0. The average Bonchev–Trinajstić information content (AvgIpc) is 2.85. The van der Waals surface area contributed by atoms with E-state index in [4.69, 9.17) is 11.4 Å². The molecule has 0 aliphatic carbocycles. The molecular formula is C33H69AlO3. The molecule has 0 aliphatic heterocycles. The van der Waals surface area contributed by atoms with E-state index in [1.54, 1.807) is 0 Å². The summed E-state index contributed by atoms with van der Waals surface area (Å²) in [7, 11) is 0. The van der Waals surface area contributed by atoms with E-state index >= 15 is 0 Å². The molecule has 222 valence electrons. The third-order valence-corrected chi connectivity index (χ3v) is 10.5. The summed E-state index contributed by atoms with van der Waals surface area (Å²) < 4.78 is 21.4. The monoisotopic (exact) mass is 541 g/mol. The second kappa shape index (κ2) is 22.1. The predicted molar refractivity (Wildman–Crippen MR) is 165 cm³/mol. The minimum Gasteiger partial charge on any atom is -0.449 e. The molecule has 0 rings (SSSR count). The third-order valence-electron chi connectivity index (χ3n) is 8.25. The lowest BCUT2D eigenvalue weighted by Gasteiger charge is -2.41. The van der Waals surface area contributed by atoms with E-state index in [1.165, 1.54) is 96.3 Å². The Kier molecular flexibility index (Phi) is 22.4. The topological polar surface area (TPSA) is 27.7 Å². The molecule has 0 N–H and O–H groups in total. The fourth-order valence-electron chi connectivity index (χ4n) is 5.40. The zero-order valence-corrected chi connectivity index (χ0v) is 28.3. The van der Waals surface area contributed by atoms with Gasteiger partial charge in [-0.1, -0.05) is 138 Å². The van der Waals surface area contributed by atoms with Gasteiger partial charge in [-0.05, 0) is 59.3 Å². The van der Waals surface area contributed by atoms with E-state index in [1.807, 2.05) is 0 Å². The Morgan fingerprint density at radius 2 is 0.568 bits per heavy atom. The van der Waals surface area contributed by atoms with Gasteiger partial charge in [-0.25, -0.2) is 0 Å².